The average Bonchev–Trinajstić information content (AvgIpc) is 3.36. The van der Waals surface area contributed by atoms with Crippen molar-refractivity contribution in [3.63, 3.8) is 0 Å². The molecule has 3 aromatic rings. The fourth-order valence-electron chi connectivity index (χ4n) is 4.95. The van der Waals surface area contributed by atoms with Crippen LogP contribution in [-0.4, -0.2) is 60.9 Å². The van der Waals surface area contributed by atoms with Gasteiger partial charge in [0.1, 0.15) is 11.3 Å². The molecule has 0 radical (unpaired) electrons. The largest absolute Gasteiger partial charge is 0.507 e. The molecule has 2 saturated heterocycles. The molecule has 11 heteroatoms. The molecule has 33 heavy (non-hydrogen) atoms. The first-order valence-corrected chi connectivity index (χ1v) is 10.7. The molecule has 4 heterocycles. The number of phenols is 1. The van der Waals surface area contributed by atoms with Crippen LogP contribution in [0.15, 0.2) is 36.8 Å². The monoisotopic (exact) mass is 459 g/mol. The van der Waals surface area contributed by atoms with Crippen LogP contribution in [0.3, 0.4) is 0 Å². The third kappa shape index (κ3) is 3.79. The number of hydrogen-bond donors (Lipinski definition) is 2. The molecule has 2 bridgehead atoms. The summed E-state index contributed by atoms with van der Waals surface area (Å²) in [6.45, 7) is 0. The summed E-state index contributed by atoms with van der Waals surface area (Å²) in [7, 11) is 3.54. The van der Waals surface area contributed by atoms with Gasteiger partial charge in [-0.3, -0.25) is 4.68 Å². The van der Waals surface area contributed by atoms with Crippen molar-refractivity contribution in [2.75, 3.05) is 11.9 Å². The first kappa shape index (κ1) is 21.6. The average molecular weight is 459 g/mol. The van der Waals surface area contributed by atoms with Gasteiger partial charge in [0, 0.05) is 37.9 Å². The highest BCUT2D eigenvalue weighted by atomic mass is 19.4. The summed E-state index contributed by atoms with van der Waals surface area (Å²) < 4.78 is 42.9. The van der Waals surface area contributed by atoms with Crippen molar-refractivity contribution in [2.45, 2.75) is 49.5 Å². The van der Waals surface area contributed by atoms with Crippen LogP contribution >= 0.6 is 0 Å². The molecule has 0 spiro atoms. The fraction of sp³-hybridized carbons (Fsp3) is 0.455. The maximum absolute atomic E-state index is 13.7. The molecule has 1 aromatic carbocycles. The minimum Gasteiger partial charge on any atom is -0.507 e. The second-order valence-electron chi connectivity index (χ2n) is 8.94. The van der Waals surface area contributed by atoms with Gasteiger partial charge in [-0.1, -0.05) is 6.07 Å². The van der Waals surface area contributed by atoms with Crippen molar-refractivity contribution in [3.8, 4) is 28.3 Å². The third-order valence-corrected chi connectivity index (χ3v) is 6.82. The number of halogens is 3. The van der Waals surface area contributed by atoms with E-state index in [4.69, 9.17) is 0 Å². The Labute approximate surface area is 188 Å². The van der Waals surface area contributed by atoms with Crippen LogP contribution < -0.4 is 10.2 Å². The van der Waals surface area contributed by atoms with Crippen LogP contribution in [0.25, 0.3) is 22.5 Å². The maximum atomic E-state index is 13.7. The lowest BCUT2D eigenvalue weighted by molar-refractivity contribution is -0.199. The molecule has 2 fully saturated rings. The Bertz CT molecular complexity index is 1160. The molecule has 3 atom stereocenters. The molecular formula is C22H24F3N7O. The number of hydrogen-bond acceptors (Lipinski definition) is 7. The van der Waals surface area contributed by atoms with Gasteiger partial charge in [0.25, 0.3) is 0 Å². The minimum atomic E-state index is -4.30. The van der Waals surface area contributed by atoms with Gasteiger partial charge in [0.05, 0.1) is 18.0 Å². The van der Waals surface area contributed by atoms with Crippen molar-refractivity contribution < 1.29 is 18.3 Å². The molecule has 0 aliphatic carbocycles. The number of aryl methyl sites for hydroxylation is 1. The highest BCUT2D eigenvalue weighted by Gasteiger charge is 2.61. The topological polar surface area (TPSA) is 92.0 Å². The van der Waals surface area contributed by atoms with Gasteiger partial charge < -0.3 is 15.3 Å². The van der Waals surface area contributed by atoms with Crippen molar-refractivity contribution in [1.29, 1.82) is 0 Å². The first-order chi connectivity index (χ1) is 15.6. The van der Waals surface area contributed by atoms with Gasteiger partial charge in [0.2, 0.25) is 0 Å². The van der Waals surface area contributed by atoms with Crippen molar-refractivity contribution >= 4 is 5.82 Å². The fourth-order valence-corrected chi connectivity index (χ4v) is 4.95. The summed E-state index contributed by atoms with van der Waals surface area (Å²) >= 11 is 0. The Morgan fingerprint density at radius 1 is 1.21 bits per heavy atom. The van der Waals surface area contributed by atoms with E-state index in [0.29, 0.717) is 24.2 Å². The number of benzene rings is 1. The zero-order chi connectivity index (χ0) is 23.4. The SMILES string of the molecule is CN(c1cnc(-c2ccc(-c3cnn(C)c3)cc2O)nn1)[C@H]1C[C@H]2CC[C@](C(F)(F)F)(C1)N2. The normalized spacial score (nSPS) is 24.8. The minimum absolute atomic E-state index is 0.00121. The van der Waals surface area contributed by atoms with E-state index in [2.05, 4.69) is 25.6 Å². The molecular weight excluding hydrogens is 435 g/mol. The number of aromatic hydroxyl groups is 1. The number of piperidine rings is 1. The predicted octanol–water partition coefficient (Wildman–Crippen LogP) is 3.30. The Morgan fingerprint density at radius 3 is 2.67 bits per heavy atom. The lowest BCUT2D eigenvalue weighted by atomic mass is 9.86. The molecule has 0 unspecified atom stereocenters. The Morgan fingerprint density at radius 2 is 2.03 bits per heavy atom. The summed E-state index contributed by atoms with van der Waals surface area (Å²) in [6, 6.07) is 4.65. The molecule has 2 aliphatic heterocycles. The number of aromatic nitrogens is 5. The Kier molecular flexibility index (Phi) is 5.04. The molecule has 8 nitrogen and oxygen atoms in total. The van der Waals surface area contributed by atoms with E-state index in [0.717, 1.165) is 11.1 Å². The van der Waals surface area contributed by atoms with E-state index < -0.39 is 11.7 Å². The highest BCUT2D eigenvalue weighted by Crippen LogP contribution is 2.47. The van der Waals surface area contributed by atoms with Gasteiger partial charge in [-0.2, -0.15) is 18.3 Å². The van der Waals surface area contributed by atoms with Crippen molar-refractivity contribution in [1.82, 2.24) is 30.3 Å². The number of rotatable bonds is 4. The van der Waals surface area contributed by atoms with Gasteiger partial charge in [-0.25, -0.2) is 4.98 Å². The molecule has 2 N–H and O–H groups in total. The van der Waals surface area contributed by atoms with Crippen LogP contribution in [0, 0.1) is 0 Å². The lowest BCUT2D eigenvalue weighted by Crippen LogP contribution is -2.62. The molecule has 0 saturated carbocycles. The predicted molar refractivity (Wildman–Crippen MR) is 115 cm³/mol. The van der Waals surface area contributed by atoms with E-state index in [9.17, 15) is 18.3 Å². The number of anilines is 1. The van der Waals surface area contributed by atoms with Crippen LogP contribution in [0.1, 0.15) is 25.7 Å². The van der Waals surface area contributed by atoms with Gasteiger partial charge >= 0.3 is 6.18 Å². The summed E-state index contributed by atoms with van der Waals surface area (Å²) in [5, 5.41) is 25.8. The molecule has 5 rings (SSSR count). The second-order valence-corrected chi connectivity index (χ2v) is 8.94. The zero-order valence-electron chi connectivity index (χ0n) is 18.2. The van der Waals surface area contributed by atoms with Gasteiger partial charge in [-0.15, -0.1) is 10.2 Å². The van der Waals surface area contributed by atoms with Gasteiger partial charge in [-0.05, 0) is 43.4 Å². The number of nitrogens with one attached hydrogen (secondary N) is 1. The highest BCUT2D eigenvalue weighted by molar-refractivity contribution is 5.72. The quantitative estimate of drug-likeness (QED) is 0.619. The zero-order valence-corrected chi connectivity index (χ0v) is 18.2. The summed E-state index contributed by atoms with van der Waals surface area (Å²) in [5.74, 6) is 0.634. The van der Waals surface area contributed by atoms with Crippen LogP contribution in [0.4, 0.5) is 19.0 Å². The standard InChI is InChI=1S/C22H24F3N7O/c1-31-12-14(10-27-31)13-3-4-17(18(33)7-13)20-26-11-19(29-30-20)32(2)16-8-15-5-6-21(9-16,28-15)22(23,24)25/h3-4,7,10-12,15-16,28,33H,5-6,8-9H2,1-2H3/t15-,16+,21-/m1/s1. The van der Waals surface area contributed by atoms with Crippen molar-refractivity contribution in [2.24, 2.45) is 7.05 Å². The lowest BCUT2D eigenvalue weighted by Gasteiger charge is -2.43. The summed E-state index contributed by atoms with van der Waals surface area (Å²) in [5.41, 5.74) is 0.244. The number of nitrogens with zero attached hydrogens (tertiary/aromatic N) is 6. The number of alkyl halides is 3. The summed E-state index contributed by atoms with van der Waals surface area (Å²) in [4.78, 5) is 6.05. The van der Waals surface area contributed by atoms with E-state index in [1.54, 1.807) is 35.0 Å². The van der Waals surface area contributed by atoms with Crippen LogP contribution in [0.2, 0.25) is 0 Å². The van der Waals surface area contributed by atoms with Gasteiger partial charge in [0.15, 0.2) is 11.6 Å². The molecule has 174 valence electrons. The van der Waals surface area contributed by atoms with E-state index in [1.807, 2.05) is 19.3 Å². The Balaban J connectivity index is 1.35. The van der Waals surface area contributed by atoms with E-state index >= 15 is 0 Å². The van der Waals surface area contributed by atoms with Crippen LogP contribution in [0.5, 0.6) is 5.75 Å². The number of phenolic OH excluding ortho intramolecular Hbond substituents is 1. The molecule has 0 amide bonds. The second kappa shape index (κ2) is 7.68. The van der Waals surface area contributed by atoms with Crippen molar-refractivity contribution in [3.05, 3.63) is 36.8 Å². The molecule has 2 aromatic heterocycles. The third-order valence-electron chi connectivity index (χ3n) is 6.82. The van der Waals surface area contributed by atoms with E-state index in [1.165, 1.54) is 6.20 Å². The maximum Gasteiger partial charge on any atom is 0.406 e. The first-order valence-electron chi connectivity index (χ1n) is 10.7. The smallest absolute Gasteiger partial charge is 0.406 e. The van der Waals surface area contributed by atoms with E-state index in [-0.39, 0.29) is 36.5 Å². The number of fused-ring (bicyclic) bond motifs is 2. The Hall–Kier alpha value is -3.21. The summed E-state index contributed by atoms with van der Waals surface area (Å²) in [6.07, 6.45) is 1.91. The molecule has 2 aliphatic rings. The van der Waals surface area contributed by atoms with Crippen LogP contribution in [-0.2, 0) is 7.05 Å².